The summed E-state index contributed by atoms with van der Waals surface area (Å²) in [5.74, 6) is 1.11. The first-order valence-corrected chi connectivity index (χ1v) is 7.17. The molecule has 0 N–H and O–H groups in total. The standard InChI is InChI=1S/C15H20ClFN2O/c1-10-7-13-12(8-11(10)17)18-14(5-6-16)19(13)15(2,3)9-20-4/h7-8H,5-6,9H2,1-4H3. The summed E-state index contributed by atoms with van der Waals surface area (Å²) < 4.78 is 21.1. The van der Waals surface area contributed by atoms with Gasteiger partial charge in [0.2, 0.25) is 0 Å². The molecule has 0 aliphatic rings. The van der Waals surface area contributed by atoms with Gasteiger partial charge >= 0.3 is 0 Å². The van der Waals surface area contributed by atoms with Crippen molar-refractivity contribution in [3.05, 3.63) is 29.3 Å². The third-order valence-corrected chi connectivity index (χ3v) is 3.61. The summed E-state index contributed by atoms with van der Waals surface area (Å²) in [4.78, 5) is 4.54. The molecule has 0 fully saturated rings. The average Bonchev–Trinajstić information content (AvgIpc) is 2.68. The van der Waals surface area contributed by atoms with Crippen molar-refractivity contribution in [2.75, 3.05) is 19.6 Å². The number of aromatic nitrogens is 2. The van der Waals surface area contributed by atoms with Crippen LogP contribution in [0.15, 0.2) is 12.1 Å². The summed E-state index contributed by atoms with van der Waals surface area (Å²) in [7, 11) is 1.67. The van der Waals surface area contributed by atoms with Gasteiger partial charge in [0.05, 0.1) is 23.2 Å². The largest absolute Gasteiger partial charge is 0.382 e. The maximum atomic E-state index is 13.7. The van der Waals surface area contributed by atoms with Crippen LogP contribution in [0.4, 0.5) is 4.39 Å². The summed E-state index contributed by atoms with van der Waals surface area (Å²) in [6.07, 6.45) is 0.643. The molecule has 110 valence electrons. The number of nitrogens with zero attached hydrogens (tertiary/aromatic N) is 2. The van der Waals surface area contributed by atoms with Gasteiger partial charge in [0.15, 0.2) is 0 Å². The van der Waals surface area contributed by atoms with Gasteiger partial charge in [0.25, 0.3) is 0 Å². The fourth-order valence-electron chi connectivity index (χ4n) is 2.60. The number of hydrogen-bond donors (Lipinski definition) is 0. The van der Waals surface area contributed by atoms with Gasteiger partial charge in [-0.15, -0.1) is 11.6 Å². The molecule has 0 radical (unpaired) electrons. The molecule has 0 spiro atoms. The van der Waals surface area contributed by atoms with Crippen LogP contribution in [0.2, 0.25) is 0 Å². The number of benzene rings is 1. The third kappa shape index (κ3) is 2.67. The maximum Gasteiger partial charge on any atom is 0.128 e. The summed E-state index contributed by atoms with van der Waals surface area (Å²) in [6, 6.07) is 3.33. The second-order valence-electron chi connectivity index (χ2n) is 5.64. The Hall–Kier alpha value is -1.13. The summed E-state index contributed by atoms with van der Waals surface area (Å²) in [5.41, 5.74) is 1.93. The van der Waals surface area contributed by atoms with E-state index in [1.807, 2.05) is 6.07 Å². The van der Waals surface area contributed by atoms with E-state index < -0.39 is 0 Å². The van der Waals surface area contributed by atoms with Crippen molar-refractivity contribution in [2.45, 2.75) is 32.7 Å². The Labute approximate surface area is 123 Å². The second kappa shape index (κ2) is 5.70. The summed E-state index contributed by atoms with van der Waals surface area (Å²) in [6.45, 7) is 6.46. The van der Waals surface area contributed by atoms with Crippen LogP contribution >= 0.6 is 11.6 Å². The molecule has 0 saturated carbocycles. The van der Waals surface area contributed by atoms with E-state index in [0.29, 0.717) is 30.0 Å². The highest BCUT2D eigenvalue weighted by Crippen LogP contribution is 2.28. The van der Waals surface area contributed by atoms with Gasteiger partial charge < -0.3 is 9.30 Å². The van der Waals surface area contributed by atoms with Crippen molar-refractivity contribution >= 4 is 22.6 Å². The predicted molar refractivity (Wildman–Crippen MR) is 80.1 cm³/mol. The molecule has 3 nitrogen and oxygen atoms in total. The zero-order chi connectivity index (χ0) is 14.9. The van der Waals surface area contributed by atoms with E-state index in [-0.39, 0.29) is 11.4 Å². The number of aryl methyl sites for hydroxylation is 2. The van der Waals surface area contributed by atoms with Gasteiger partial charge in [-0.1, -0.05) is 0 Å². The molecular formula is C15H20ClFN2O. The number of methoxy groups -OCH3 is 1. The monoisotopic (exact) mass is 298 g/mol. The number of fused-ring (bicyclic) bond motifs is 1. The summed E-state index contributed by atoms with van der Waals surface area (Å²) in [5, 5.41) is 0. The topological polar surface area (TPSA) is 27.1 Å². The average molecular weight is 299 g/mol. The highest BCUT2D eigenvalue weighted by Gasteiger charge is 2.26. The first-order chi connectivity index (χ1) is 9.40. The normalized spacial score (nSPS) is 12.3. The van der Waals surface area contributed by atoms with E-state index >= 15 is 0 Å². The number of ether oxygens (including phenoxy) is 1. The first kappa shape index (κ1) is 15.3. The molecule has 0 amide bonds. The van der Waals surface area contributed by atoms with Crippen molar-refractivity contribution < 1.29 is 9.13 Å². The van der Waals surface area contributed by atoms with Crippen LogP contribution in [0.25, 0.3) is 11.0 Å². The van der Waals surface area contributed by atoms with Crippen LogP contribution in [0, 0.1) is 12.7 Å². The lowest BCUT2D eigenvalue weighted by molar-refractivity contribution is 0.110. The van der Waals surface area contributed by atoms with Crippen molar-refractivity contribution in [3.63, 3.8) is 0 Å². The SMILES string of the molecule is COCC(C)(C)n1c(CCCl)nc2cc(F)c(C)cc21. The number of hydrogen-bond acceptors (Lipinski definition) is 2. The molecule has 0 saturated heterocycles. The van der Waals surface area contributed by atoms with Crippen LogP contribution in [0.3, 0.4) is 0 Å². The lowest BCUT2D eigenvalue weighted by Gasteiger charge is -2.28. The fourth-order valence-corrected chi connectivity index (χ4v) is 2.77. The Kier molecular flexibility index (Phi) is 4.35. The van der Waals surface area contributed by atoms with Crippen LogP contribution in [-0.4, -0.2) is 29.1 Å². The van der Waals surface area contributed by atoms with E-state index in [2.05, 4.69) is 23.4 Å². The molecule has 0 bridgehead atoms. The van der Waals surface area contributed by atoms with Crippen molar-refractivity contribution in [1.82, 2.24) is 9.55 Å². The van der Waals surface area contributed by atoms with Crippen LogP contribution in [-0.2, 0) is 16.7 Å². The molecule has 20 heavy (non-hydrogen) atoms. The van der Waals surface area contributed by atoms with E-state index in [1.54, 1.807) is 14.0 Å². The van der Waals surface area contributed by atoms with E-state index in [4.69, 9.17) is 16.3 Å². The van der Waals surface area contributed by atoms with Gasteiger partial charge in [-0.25, -0.2) is 9.37 Å². The zero-order valence-corrected chi connectivity index (χ0v) is 13.1. The first-order valence-electron chi connectivity index (χ1n) is 6.63. The van der Waals surface area contributed by atoms with Gasteiger partial charge in [-0.2, -0.15) is 0 Å². The quantitative estimate of drug-likeness (QED) is 0.788. The Balaban J connectivity index is 2.70. The molecule has 0 atom stereocenters. The summed E-state index contributed by atoms with van der Waals surface area (Å²) >= 11 is 5.87. The Morgan fingerprint density at radius 3 is 2.70 bits per heavy atom. The van der Waals surface area contributed by atoms with Crippen LogP contribution in [0.5, 0.6) is 0 Å². The number of alkyl halides is 1. The molecule has 1 aromatic heterocycles. The second-order valence-corrected chi connectivity index (χ2v) is 6.02. The molecule has 5 heteroatoms. The minimum absolute atomic E-state index is 0.232. The molecule has 2 rings (SSSR count). The Morgan fingerprint density at radius 1 is 1.40 bits per heavy atom. The van der Waals surface area contributed by atoms with Gasteiger partial charge in [0.1, 0.15) is 11.6 Å². The molecule has 0 aliphatic carbocycles. The number of imidazole rings is 1. The van der Waals surface area contributed by atoms with Crippen molar-refractivity contribution in [1.29, 1.82) is 0 Å². The zero-order valence-electron chi connectivity index (χ0n) is 12.3. The van der Waals surface area contributed by atoms with Crippen LogP contribution in [0.1, 0.15) is 25.2 Å². The third-order valence-electron chi connectivity index (χ3n) is 3.43. The number of rotatable bonds is 5. The van der Waals surface area contributed by atoms with Gasteiger partial charge in [-0.3, -0.25) is 0 Å². The Bertz CT molecular complexity index is 622. The molecule has 1 aromatic carbocycles. The molecule has 0 aliphatic heterocycles. The van der Waals surface area contributed by atoms with Crippen molar-refractivity contribution in [2.24, 2.45) is 0 Å². The lowest BCUT2D eigenvalue weighted by Crippen LogP contribution is -2.33. The fraction of sp³-hybridized carbons (Fsp3) is 0.533. The minimum atomic E-state index is -0.269. The van der Waals surface area contributed by atoms with Crippen LogP contribution < -0.4 is 0 Å². The maximum absolute atomic E-state index is 13.7. The molecular weight excluding hydrogens is 279 g/mol. The van der Waals surface area contributed by atoms with Gasteiger partial charge in [0, 0.05) is 25.5 Å². The number of halogens is 2. The van der Waals surface area contributed by atoms with Gasteiger partial charge in [-0.05, 0) is 32.4 Å². The highest BCUT2D eigenvalue weighted by atomic mass is 35.5. The lowest BCUT2D eigenvalue weighted by atomic mass is 10.1. The molecule has 0 unspecified atom stereocenters. The molecule has 1 heterocycles. The highest BCUT2D eigenvalue weighted by molar-refractivity contribution is 6.17. The van der Waals surface area contributed by atoms with E-state index in [0.717, 1.165) is 11.3 Å². The van der Waals surface area contributed by atoms with E-state index in [9.17, 15) is 4.39 Å². The minimum Gasteiger partial charge on any atom is -0.382 e. The smallest absolute Gasteiger partial charge is 0.128 e. The predicted octanol–water partition coefficient (Wildman–Crippen LogP) is 3.65. The van der Waals surface area contributed by atoms with E-state index in [1.165, 1.54) is 6.07 Å². The molecule has 2 aromatic rings. The van der Waals surface area contributed by atoms with Crippen molar-refractivity contribution in [3.8, 4) is 0 Å². The Morgan fingerprint density at radius 2 is 2.10 bits per heavy atom.